The molecule has 0 aliphatic carbocycles. The van der Waals surface area contributed by atoms with Gasteiger partial charge in [-0.15, -0.1) is 0 Å². The highest BCUT2D eigenvalue weighted by molar-refractivity contribution is 5.58. The lowest BCUT2D eigenvalue weighted by molar-refractivity contribution is -0.932. The number of para-hydroxylation sites is 1. The van der Waals surface area contributed by atoms with Gasteiger partial charge in [0, 0.05) is 24.1 Å². The minimum atomic E-state index is 0.248. The third kappa shape index (κ3) is 5.11. The van der Waals surface area contributed by atoms with Crippen LogP contribution in [0.5, 0.6) is 5.75 Å². The monoisotopic (exact) mass is 419 g/mol. The van der Waals surface area contributed by atoms with Crippen molar-refractivity contribution in [2.75, 3.05) is 24.2 Å². The minimum Gasteiger partial charge on any atom is -0.494 e. The third-order valence-corrected chi connectivity index (χ3v) is 5.81. The van der Waals surface area contributed by atoms with Crippen LogP contribution in [0.3, 0.4) is 0 Å². The summed E-state index contributed by atoms with van der Waals surface area (Å²) in [4.78, 5) is 14.9. The lowest BCUT2D eigenvalue weighted by Crippen LogP contribution is -3.09. The molecular weight excluding hydrogens is 388 g/mol. The largest absolute Gasteiger partial charge is 0.494 e. The number of anilines is 3. The fourth-order valence-corrected chi connectivity index (χ4v) is 4.34. The molecule has 1 aliphatic rings. The Morgan fingerprint density at radius 2 is 1.87 bits per heavy atom. The number of aryl methyl sites for hydroxylation is 1. The van der Waals surface area contributed by atoms with Crippen molar-refractivity contribution >= 4 is 17.6 Å². The van der Waals surface area contributed by atoms with Gasteiger partial charge in [-0.05, 0) is 49.2 Å². The van der Waals surface area contributed by atoms with E-state index in [4.69, 9.17) is 10.5 Å². The van der Waals surface area contributed by atoms with E-state index in [0.29, 0.717) is 25.1 Å². The highest BCUT2D eigenvalue weighted by Gasteiger charge is 2.31. The van der Waals surface area contributed by atoms with Crippen molar-refractivity contribution in [1.29, 1.82) is 0 Å². The molecule has 7 heteroatoms. The molecule has 4 N–H and O–H groups in total. The zero-order chi connectivity index (χ0) is 21.6. The second kappa shape index (κ2) is 9.75. The lowest BCUT2D eigenvalue weighted by atomic mass is 10.0. The molecule has 0 bridgehead atoms. The number of quaternary nitrogens is 1. The van der Waals surface area contributed by atoms with Crippen LogP contribution < -0.4 is 20.7 Å². The maximum Gasteiger partial charge on any atom is 0.232 e. The van der Waals surface area contributed by atoms with Crippen LogP contribution in [-0.4, -0.2) is 28.1 Å². The molecule has 0 radical (unpaired) electrons. The fraction of sp³-hybridized carbons (Fsp3) is 0.375. The Balaban J connectivity index is 1.50. The number of likely N-dealkylation sites (tertiary alicyclic amines) is 1. The highest BCUT2D eigenvalue weighted by atomic mass is 16.5. The molecule has 31 heavy (non-hydrogen) atoms. The number of nitrogens with zero attached hydrogens (tertiary/aromatic N) is 3. The molecular formula is C24H31N6O+. The summed E-state index contributed by atoms with van der Waals surface area (Å²) < 4.78 is 5.58. The van der Waals surface area contributed by atoms with Crippen LogP contribution in [0.2, 0.25) is 0 Å². The van der Waals surface area contributed by atoms with E-state index < -0.39 is 0 Å². The molecule has 1 fully saturated rings. The van der Waals surface area contributed by atoms with Crippen molar-refractivity contribution in [3.63, 3.8) is 0 Å². The van der Waals surface area contributed by atoms with Crippen LogP contribution >= 0.6 is 0 Å². The van der Waals surface area contributed by atoms with Gasteiger partial charge >= 0.3 is 0 Å². The molecule has 0 saturated carbocycles. The van der Waals surface area contributed by atoms with Crippen LogP contribution in [-0.2, 0) is 13.0 Å². The predicted octanol–water partition coefficient (Wildman–Crippen LogP) is 3.08. The van der Waals surface area contributed by atoms with Crippen LogP contribution in [0.1, 0.15) is 49.7 Å². The molecule has 1 saturated heterocycles. The first-order valence-corrected chi connectivity index (χ1v) is 11.1. The van der Waals surface area contributed by atoms with Crippen molar-refractivity contribution < 1.29 is 9.64 Å². The SMILES string of the molecule is CCOc1ccc([C@H]2CCC[NH+]2Cc2nc(N)nc(Nc3ccccc3CC)n2)cc1. The first kappa shape index (κ1) is 21.1. The Bertz CT molecular complexity index is 1010. The highest BCUT2D eigenvalue weighted by Crippen LogP contribution is 2.23. The zero-order valence-electron chi connectivity index (χ0n) is 18.3. The second-order valence-corrected chi connectivity index (χ2v) is 7.85. The Morgan fingerprint density at radius 3 is 2.65 bits per heavy atom. The topological polar surface area (TPSA) is 90.4 Å². The van der Waals surface area contributed by atoms with E-state index in [9.17, 15) is 0 Å². The minimum absolute atomic E-state index is 0.248. The van der Waals surface area contributed by atoms with Gasteiger partial charge in [-0.25, -0.2) is 0 Å². The van der Waals surface area contributed by atoms with Gasteiger partial charge in [0.25, 0.3) is 0 Å². The molecule has 2 aromatic carbocycles. The lowest BCUT2D eigenvalue weighted by Gasteiger charge is -2.21. The molecule has 2 heterocycles. The maximum atomic E-state index is 6.02. The molecule has 162 valence electrons. The first-order valence-electron chi connectivity index (χ1n) is 11.1. The summed E-state index contributed by atoms with van der Waals surface area (Å²) in [5, 5.41) is 3.33. The number of nitrogens with one attached hydrogen (secondary N) is 2. The van der Waals surface area contributed by atoms with E-state index in [1.165, 1.54) is 22.4 Å². The third-order valence-electron chi connectivity index (χ3n) is 5.81. The molecule has 0 amide bonds. The van der Waals surface area contributed by atoms with E-state index in [0.717, 1.165) is 36.6 Å². The molecule has 7 nitrogen and oxygen atoms in total. The van der Waals surface area contributed by atoms with Gasteiger partial charge in [0.2, 0.25) is 11.9 Å². The smallest absolute Gasteiger partial charge is 0.232 e. The summed E-state index contributed by atoms with van der Waals surface area (Å²) in [5.74, 6) is 2.38. The average molecular weight is 420 g/mol. The van der Waals surface area contributed by atoms with Gasteiger partial charge in [0.05, 0.1) is 13.2 Å². The van der Waals surface area contributed by atoms with Crippen molar-refractivity contribution in [2.45, 2.75) is 45.7 Å². The van der Waals surface area contributed by atoms with Gasteiger partial charge < -0.3 is 20.7 Å². The van der Waals surface area contributed by atoms with Gasteiger partial charge in [0.15, 0.2) is 5.82 Å². The molecule has 1 unspecified atom stereocenters. The average Bonchev–Trinajstić information content (AvgIpc) is 3.22. The van der Waals surface area contributed by atoms with Gasteiger partial charge in [-0.2, -0.15) is 15.0 Å². The van der Waals surface area contributed by atoms with Crippen LogP contribution in [0.4, 0.5) is 17.6 Å². The van der Waals surface area contributed by atoms with E-state index in [-0.39, 0.29) is 5.95 Å². The fourth-order valence-electron chi connectivity index (χ4n) is 4.34. The van der Waals surface area contributed by atoms with Crippen LogP contribution in [0.25, 0.3) is 0 Å². The summed E-state index contributed by atoms with van der Waals surface area (Å²) in [6.07, 6.45) is 3.26. The van der Waals surface area contributed by atoms with E-state index in [2.05, 4.69) is 57.5 Å². The molecule has 3 aromatic rings. The predicted molar refractivity (Wildman–Crippen MR) is 122 cm³/mol. The quantitative estimate of drug-likeness (QED) is 0.520. The molecule has 0 spiro atoms. The Kier molecular flexibility index (Phi) is 6.62. The number of hydrogen-bond donors (Lipinski definition) is 3. The molecule has 1 aliphatic heterocycles. The van der Waals surface area contributed by atoms with Crippen molar-refractivity contribution in [1.82, 2.24) is 15.0 Å². The molecule has 1 aromatic heterocycles. The van der Waals surface area contributed by atoms with E-state index >= 15 is 0 Å². The van der Waals surface area contributed by atoms with Crippen molar-refractivity contribution in [3.05, 3.63) is 65.5 Å². The first-order chi connectivity index (χ1) is 15.2. The van der Waals surface area contributed by atoms with Crippen LogP contribution in [0.15, 0.2) is 48.5 Å². The van der Waals surface area contributed by atoms with Gasteiger partial charge in [-0.3, -0.25) is 0 Å². The van der Waals surface area contributed by atoms with E-state index in [1.807, 2.05) is 25.1 Å². The number of ether oxygens (including phenoxy) is 1. The molecule has 4 rings (SSSR count). The van der Waals surface area contributed by atoms with E-state index in [1.54, 1.807) is 0 Å². The number of nitrogens with two attached hydrogens (primary N) is 1. The number of benzene rings is 2. The van der Waals surface area contributed by atoms with Crippen molar-refractivity contribution in [2.24, 2.45) is 0 Å². The standard InChI is InChI=1S/C24H30N6O/c1-3-17-8-5-6-9-20(17)26-24-28-22(27-23(25)29-24)16-30-15-7-10-21(30)18-11-13-19(14-12-18)31-4-2/h5-6,8-9,11-14,21H,3-4,7,10,15-16H2,1-2H3,(H3,25,26,27,28,29)/p+1/t21-/m1/s1. The maximum absolute atomic E-state index is 6.02. The Labute approximate surface area is 183 Å². The summed E-state index contributed by atoms with van der Waals surface area (Å²) in [6.45, 7) is 6.62. The number of rotatable bonds is 8. The summed E-state index contributed by atoms with van der Waals surface area (Å²) in [7, 11) is 0. The summed E-state index contributed by atoms with van der Waals surface area (Å²) in [5.41, 5.74) is 9.56. The summed E-state index contributed by atoms with van der Waals surface area (Å²) >= 11 is 0. The number of nitrogen functional groups attached to an aromatic ring is 1. The van der Waals surface area contributed by atoms with Crippen molar-refractivity contribution in [3.8, 4) is 5.75 Å². The summed E-state index contributed by atoms with van der Waals surface area (Å²) in [6, 6.07) is 17.1. The van der Waals surface area contributed by atoms with Crippen LogP contribution in [0, 0.1) is 0 Å². The Hall–Kier alpha value is -3.19. The normalized spacial score (nSPS) is 18.1. The second-order valence-electron chi connectivity index (χ2n) is 7.85. The zero-order valence-corrected chi connectivity index (χ0v) is 18.3. The number of hydrogen-bond acceptors (Lipinski definition) is 6. The van der Waals surface area contributed by atoms with Gasteiger partial charge in [-0.1, -0.05) is 25.1 Å². The Morgan fingerprint density at radius 1 is 1.06 bits per heavy atom. The van der Waals surface area contributed by atoms with Gasteiger partial charge in [0.1, 0.15) is 18.3 Å². The number of aromatic nitrogens is 3. The molecule has 2 atom stereocenters.